The zero-order valence-corrected chi connectivity index (χ0v) is 10.1. The van der Waals surface area contributed by atoms with Crippen LogP contribution in [0.15, 0.2) is 18.3 Å². The Morgan fingerprint density at radius 2 is 2.24 bits per heavy atom. The minimum atomic E-state index is -0.334. The summed E-state index contributed by atoms with van der Waals surface area (Å²) in [7, 11) is 1.54. The fourth-order valence-corrected chi connectivity index (χ4v) is 2.42. The van der Waals surface area contributed by atoms with E-state index in [1.165, 1.54) is 0 Å². The maximum atomic E-state index is 12.2. The Bertz CT molecular complexity index is 412. The molecule has 2 rings (SSSR count). The number of hydrogen-bond acceptors (Lipinski definition) is 4. The molecule has 1 fully saturated rings. The number of carbonyl (C=O) groups is 1. The van der Waals surface area contributed by atoms with Crippen LogP contribution >= 0.6 is 0 Å². The summed E-state index contributed by atoms with van der Waals surface area (Å²) in [5.74, 6) is 0.506. The number of methoxy groups -OCH3 is 1. The lowest BCUT2D eigenvalue weighted by atomic mass is 9.91. The van der Waals surface area contributed by atoms with E-state index in [2.05, 4.69) is 4.98 Å². The van der Waals surface area contributed by atoms with E-state index >= 15 is 0 Å². The molecule has 1 aliphatic carbocycles. The number of nitrogens with two attached hydrogens (primary N) is 1. The number of hydrogen-bond donors (Lipinski definition) is 1. The number of aromatic nitrogens is 1. The molecule has 1 aromatic heterocycles. The van der Waals surface area contributed by atoms with E-state index < -0.39 is 0 Å². The van der Waals surface area contributed by atoms with Crippen molar-refractivity contribution in [3.8, 4) is 5.75 Å². The molecule has 17 heavy (non-hydrogen) atoms. The van der Waals surface area contributed by atoms with Crippen LogP contribution in [0, 0.1) is 0 Å². The van der Waals surface area contributed by atoms with Gasteiger partial charge in [0.1, 0.15) is 11.4 Å². The highest BCUT2D eigenvalue weighted by Crippen LogP contribution is 2.31. The molecule has 0 aliphatic heterocycles. The van der Waals surface area contributed by atoms with E-state index in [9.17, 15) is 4.79 Å². The van der Waals surface area contributed by atoms with Crippen molar-refractivity contribution in [3.63, 3.8) is 0 Å². The molecule has 0 bridgehead atoms. The van der Waals surface area contributed by atoms with Gasteiger partial charge >= 0.3 is 0 Å². The summed E-state index contributed by atoms with van der Waals surface area (Å²) in [5.41, 5.74) is 6.26. The Labute approximate surface area is 101 Å². The maximum absolute atomic E-state index is 12.2. The second-order valence-electron chi connectivity index (χ2n) is 4.72. The van der Waals surface area contributed by atoms with E-state index in [1.807, 2.05) is 0 Å². The molecule has 4 heteroatoms. The van der Waals surface area contributed by atoms with Gasteiger partial charge in [0.25, 0.3) is 0 Å². The highest BCUT2D eigenvalue weighted by molar-refractivity contribution is 5.97. The summed E-state index contributed by atoms with van der Waals surface area (Å²) < 4.78 is 5.14. The van der Waals surface area contributed by atoms with Crippen molar-refractivity contribution in [2.75, 3.05) is 7.11 Å². The van der Waals surface area contributed by atoms with E-state index in [-0.39, 0.29) is 11.3 Å². The molecule has 92 valence electrons. The van der Waals surface area contributed by atoms with Crippen molar-refractivity contribution >= 4 is 5.78 Å². The number of ether oxygens (including phenoxy) is 1. The number of pyridine rings is 1. The van der Waals surface area contributed by atoms with Crippen LogP contribution in [0.1, 0.15) is 42.6 Å². The normalized spacial score (nSPS) is 18.0. The molecular weight excluding hydrogens is 216 g/mol. The lowest BCUT2D eigenvalue weighted by Crippen LogP contribution is -2.38. The fraction of sp³-hybridized carbons (Fsp3) is 0.538. The molecule has 0 amide bonds. The summed E-state index contributed by atoms with van der Waals surface area (Å²) >= 11 is 0. The first-order chi connectivity index (χ1) is 8.14. The molecule has 0 spiro atoms. The molecule has 1 heterocycles. The Morgan fingerprint density at radius 3 is 2.88 bits per heavy atom. The molecule has 1 aromatic rings. The van der Waals surface area contributed by atoms with Gasteiger partial charge in [-0.1, -0.05) is 12.8 Å². The van der Waals surface area contributed by atoms with Crippen LogP contribution in [0.4, 0.5) is 0 Å². The molecule has 0 saturated heterocycles. The first-order valence-electron chi connectivity index (χ1n) is 5.96. The number of ketones is 1. The fourth-order valence-electron chi connectivity index (χ4n) is 2.42. The van der Waals surface area contributed by atoms with Crippen LogP contribution in [-0.2, 0) is 0 Å². The minimum absolute atomic E-state index is 0.0214. The van der Waals surface area contributed by atoms with Gasteiger partial charge in [0.15, 0.2) is 5.78 Å². The second-order valence-corrected chi connectivity index (χ2v) is 4.72. The lowest BCUT2D eigenvalue weighted by Gasteiger charge is -2.22. The van der Waals surface area contributed by atoms with Crippen molar-refractivity contribution in [1.82, 2.24) is 4.98 Å². The third-order valence-electron chi connectivity index (χ3n) is 3.37. The Morgan fingerprint density at radius 1 is 1.53 bits per heavy atom. The Balaban J connectivity index is 2.14. The van der Waals surface area contributed by atoms with Crippen LogP contribution < -0.4 is 10.5 Å². The van der Waals surface area contributed by atoms with Crippen molar-refractivity contribution in [2.24, 2.45) is 5.73 Å². The van der Waals surface area contributed by atoms with Gasteiger partial charge in [-0.15, -0.1) is 0 Å². The first kappa shape index (κ1) is 12.0. The third kappa shape index (κ3) is 2.64. The molecule has 1 saturated carbocycles. The SMILES string of the molecule is COc1cccnc1C(=O)CC1(N)CCCC1. The molecular formula is C13H18N2O2. The standard InChI is InChI=1S/C13H18N2O2/c1-17-11-5-4-8-15-12(11)10(16)9-13(14)6-2-3-7-13/h4-5,8H,2-3,6-7,9,14H2,1H3. The molecule has 0 unspecified atom stereocenters. The van der Waals surface area contributed by atoms with Gasteiger partial charge in [0.05, 0.1) is 7.11 Å². The molecule has 0 atom stereocenters. The largest absolute Gasteiger partial charge is 0.494 e. The van der Waals surface area contributed by atoms with E-state index in [4.69, 9.17) is 10.5 Å². The first-order valence-corrected chi connectivity index (χ1v) is 5.96. The monoisotopic (exact) mass is 234 g/mol. The summed E-state index contributed by atoms with van der Waals surface area (Å²) in [6.07, 6.45) is 6.04. The topological polar surface area (TPSA) is 65.2 Å². The van der Waals surface area contributed by atoms with Gasteiger partial charge in [-0.2, -0.15) is 0 Å². The van der Waals surface area contributed by atoms with Crippen LogP contribution in [0.3, 0.4) is 0 Å². The van der Waals surface area contributed by atoms with E-state index in [0.717, 1.165) is 25.7 Å². The zero-order chi connectivity index (χ0) is 12.3. The Hall–Kier alpha value is -1.42. The predicted molar refractivity (Wildman–Crippen MR) is 65.1 cm³/mol. The quantitative estimate of drug-likeness (QED) is 0.808. The summed E-state index contributed by atoms with van der Waals surface area (Å²) in [4.78, 5) is 16.3. The number of nitrogens with zero attached hydrogens (tertiary/aromatic N) is 1. The Kier molecular flexibility index (Phi) is 3.43. The predicted octanol–water partition coefficient (Wildman–Crippen LogP) is 1.93. The maximum Gasteiger partial charge on any atom is 0.186 e. The van der Waals surface area contributed by atoms with Gasteiger partial charge in [-0.3, -0.25) is 4.79 Å². The van der Waals surface area contributed by atoms with Gasteiger partial charge in [0, 0.05) is 18.2 Å². The van der Waals surface area contributed by atoms with Gasteiger partial charge < -0.3 is 10.5 Å². The summed E-state index contributed by atoms with van der Waals surface area (Å²) in [6.45, 7) is 0. The number of Topliss-reactive ketones (excluding diaryl/α,β-unsaturated/α-hetero) is 1. The smallest absolute Gasteiger partial charge is 0.186 e. The van der Waals surface area contributed by atoms with Crippen LogP contribution in [0.5, 0.6) is 5.75 Å². The number of rotatable bonds is 4. The van der Waals surface area contributed by atoms with Crippen molar-refractivity contribution in [1.29, 1.82) is 0 Å². The second kappa shape index (κ2) is 4.84. The van der Waals surface area contributed by atoms with Crippen LogP contribution in [0.2, 0.25) is 0 Å². The summed E-state index contributed by atoms with van der Waals surface area (Å²) in [6, 6.07) is 3.50. The third-order valence-corrected chi connectivity index (χ3v) is 3.37. The highest BCUT2D eigenvalue weighted by Gasteiger charge is 2.33. The lowest BCUT2D eigenvalue weighted by molar-refractivity contribution is 0.0944. The zero-order valence-electron chi connectivity index (χ0n) is 10.1. The van der Waals surface area contributed by atoms with E-state index in [0.29, 0.717) is 17.9 Å². The number of carbonyl (C=O) groups excluding carboxylic acids is 1. The molecule has 2 N–H and O–H groups in total. The van der Waals surface area contributed by atoms with E-state index in [1.54, 1.807) is 25.4 Å². The average molecular weight is 234 g/mol. The minimum Gasteiger partial charge on any atom is -0.494 e. The molecule has 0 aromatic carbocycles. The molecule has 0 radical (unpaired) electrons. The summed E-state index contributed by atoms with van der Waals surface area (Å²) in [5, 5.41) is 0. The van der Waals surface area contributed by atoms with Gasteiger partial charge in [-0.25, -0.2) is 4.98 Å². The molecule has 1 aliphatic rings. The highest BCUT2D eigenvalue weighted by atomic mass is 16.5. The van der Waals surface area contributed by atoms with Crippen LogP contribution in [0.25, 0.3) is 0 Å². The van der Waals surface area contributed by atoms with Gasteiger partial charge in [0.2, 0.25) is 0 Å². The van der Waals surface area contributed by atoms with Crippen molar-refractivity contribution in [2.45, 2.75) is 37.6 Å². The molecule has 4 nitrogen and oxygen atoms in total. The average Bonchev–Trinajstić information content (AvgIpc) is 2.75. The van der Waals surface area contributed by atoms with Crippen molar-refractivity contribution < 1.29 is 9.53 Å². The van der Waals surface area contributed by atoms with Gasteiger partial charge in [-0.05, 0) is 25.0 Å². The van der Waals surface area contributed by atoms with Crippen molar-refractivity contribution in [3.05, 3.63) is 24.0 Å². The van der Waals surface area contributed by atoms with Crippen LogP contribution in [-0.4, -0.2) is 23.4 Å².